The van der Waals surface area contributed by atoms with Gasteiger partial charge in [-0.1, -0.05) is 0 Å². The highest BCUT2D eigenvalue weighted by Gasteiger charge is 2.33. The van der Waals surface area contributed by atoms with E-state index in [9.17, 15) is 14.9 Å². The molecule has 0 saturated carbocycles. The smallest absolute Gasteiger partial charge is 0.293 e. The Balaban J connectivity index is 1.86. The van der Waals surface area contributed by atoms with Crippen molar-refractivity contribution in [1.29, 1.82) is 0 Å². The van der Waals surface area contributed by atoms with Gasteiger partial charge in [-0.05, 0) is 12.8 Å². The minimum atomic E-state index is -0.521. The summed E-state index contributed by atoms with van der Waals surface area (Å²) in [5, 5.41) is 18.9. The zero-order valence-electron chi connectivity index (χ0n) is 11.4. The molecular formula is C12H14N6O3. The van der Waals surface area contributed by atoms with Crippen molar-refractivity contribution in [2.24, 2.45) is 7.05 Å². The molecule has 0 aliphatic carbocycles. The predicted molar refractivity (Wildman–Crippen MR) is 72.7 cm³/mol. The number of aryl methyl sites for hydroxylation is 1. The van der Waals surface area contributed by atoms with Crippen LogP contribution < -0.4 is 4.90 Å². The molecule has 1 saturated heterocycles. The van der Waals surface area contributed by atoms with Crippen molar-refractivity contribution in [3.63, 3.8) is 0 Å². The lowest BCUT2D eigenvalue weighted by molar-refractivity contribution is -0.385. The predicted octanol–water partition coefficient (Wildman–Crippen LogP) is 0.893. The molecule has 1 amide bonds. The third kappa shape index (κ3) is 2.37. The summed E-state index contributed by atoms with van der Waals surface area (Å²) < 4.78 is 3.00. The minimum absolute atomic E-state index is 0.113. The first-order valence-corrected chi connectivity index (χ1v) is 6.56. The summed E-state index contributed by atoms with van der Waals surface area (Å²) in [7, 11) is 1.78. The van der Waals surface area contributed by atoms with Crippen LogP contribution in [0.2, 0.25) is 0 Å². The molecule has 0 aromatic carbocycles. The maximum atomic E-state index is 12.6. The molecule has 9 heteroatoms. The number of hydrogen-bond acceptors (Lipinski definition) is 5. The number of amides is 1. The standard InChI is InChI=1S/C12H14N6O3/c1-15-6-4-11(14-15)16-5-2-3-10(12(16)19)17-8-9(7-13-17)18(20)21/h4,6-8,10H,2-3,5H2,1H3. The van der Waals surface area contributed by atoms with Crippen molar-refractivity contribution in [3.05, 3.63) is 34.8 Å². The summed E-state index contributed by atoms with van der Waals surface area (Å²) >= 11 is 0. The van der Waals surface area contributed by atoms with Crippen LogP contribution in [0, 0.1) is 10.1 Å². The summed E-state index contributed by atoms with van der Waals surface area (Å²) in [4.78, 5) is 24.4. The number of carbonyl (C=O) groups excluding carboxylic acids is 1. The summed E-state index contributed by atoms with van der Waals surface area (Å²) in [5.41, 5.74) is -0.113. The molecule has 1 unspecified atom stereocenters. The second kappa shape index (κ2) is 5.00. The van der Waals surface area contributed by atoms with Gasteiger partial charge in [-0.3, -0.25) is 29.2 Å². The van der Waals surface area contributed by atoms with E-state index in [1.165, 1.54) is 10.9 Å². The maximum Gasteiger partial charge on any atom is 0.307 e. The van der Waals surface area contributed by atoms with Crippen LogP contribution in [0.3, 0.4) is 0 Å². The second-order valence-corrected chi connectivity index (χ2v) is 4.93. The molecule has 0 bridgehead atoms. The van der Waals surface area contributed by atoms with Crippen molar-refractivity contribution < 1.29 is 9.72 Å². The van der Waals surface area contributed by atoms with E-state index in [1.807, 2.05) is 0 Å². The van der Waals surface area contributed by atoms with E-state index in [1.54, 1.807) is 28.9 Å². The monoisotopic (exact) mass is 290 g/mol. The number of hydrogen-bond donors (Lipinski definition) is 0. The van der Waals surface area contributed by atoms with E-state index >= 15 is 0 Å². The van der Waals surface area contributed by atoms with E-state index in [-0.39, 0.29) is 11.6 Å². The highest BCUT2D eigenvalue weighted by molar-refractivity contribution is 5.95. The first-order valence-electron chi connectivity index (χ1n) is 6.56. The van der Waals surface area contributed by atoms with Gasteiger partial charge in [0.1, 0.15) is 18.4 Å². The van der Waals surface area contributed by atoms with Crippen LogP contribution in [0.25, 0.3) is 0 Å². The van der Waals surface area contributed by atoms with Gasteiger partial charge in [0.15, 0.2) is 5.82 Å². The second-order valence-electron chi connectivity index (χ2n) is 4.93. The molecule has 0 N–H and O–H groups in total. The average Bonchev–Trinajstić information content (AvgIpc) is 3.08. The lowest BCUT2D eigenvalue weighted by Crippen LogP contribution is -2.42. The third-order valence-corrected chi connectivity index (χ3v) is 3.50. The summed E-state index contributed by atoms with van der Waals surface area (Å²) in [6, 6.07) is 1.25. The molecule has 1 aliphatic heterocycles. The number of rotatable bonds is 3. The van der Waals surface area contributed by atoms with Crippen LogP contribution in [-0.2, 0) is 11.8 Å². The maximum absolute atomic E-state index is 12.6. The Labute approximate surface area is 119 Å². The molecule has 3 heterocycles. The van der Waals surface area contributed by atoms with Crippen LogP contribution in [-0.4, -0.2) is 36.9 Å². The number of carbonyl (C=O) groups is 1. The highest BCUT2D eigenvalue weighted by atomic mass is 16.6. The van der Waals surface area contributed by atoms with Crippen LogP contribution in [0.1, 0.15) is 18.9 Å². The molecule has 21 heavy (non-hydrogen) atoms. The molecule has 110 valence electrons. The van der Waals surface area contributed by atoms with Crippen LogP contribution in [0.15, 0.2) is 24.7 Å². The van der Waals surface area contributed by atoms with E-state index in [2.05, 4.69) is 10.2 Å². The quantitative estimate of drug-likeness (QED) is 0.617. The number of anilines is 1. The van der Waals surface area contributed by atoms with E-state index in [4.69, 9.17) is 0 Å². The highest BCUT2D eigenvalue weighted by Crippen LogP contribution is 2.27. The molecule has 3 rings (SSSR count). The third-order valence-electron chi connectivity index (χ3n) is 3.50. The Hall–Kier alpha value is -2.71. The van der Waals surface area contributed by atoms with Crippen molar-refractivity contribution >= 4 is 17.4 Å². The van der Waals surface area contributed by atoms with Crippen molar-refractivity contribution in [1.82, 2.24) is 19.6 Å². The molecule has 1 aliphatic rings. The molecule has 9 nitrogen and oxygen atoms in total. The van der Waals surface area contributed by atoms with Gasteiger partial charge >= 0.3 is 5.69 Å². The van der Waals surface area contributed by atoms with Gasteiger partial charge in [0.2, 0.25) is 0 Å². The summed E-state index contributed by atoms with van der Waals surface area (Å²) in [5.74, 6) is 0.451. The van der Waals surface area contributed by atoms with Gasteiger partial charge in [0.05, 0.1) is 4.92 Å². The van der Waals surface area contributed by atoms with Gasteiger partial charge in [-0.15, -0.1) is 0 Å². The van der Waals surface area contributed by atoms with Crippen molar-refractivity contribution in [2.75, 3.05) is 11.4 Å². The SMILES string of the molecule is Cn1ccc(N2CCCC(n3cc([N+](=O)[O-])cn3)C2=O)n1. The van der Waals surface area contributed by atoms with Crippen molar-refractivity contribution in [3.8, 4) is 0 Å². The first-order chi connectivity index (χ1) is 10.1. The number of nitro groups is 1. The average molecular weight is 290 g/mol. The molecule has 0 spiro atoms. The minimum Gasteiger partial charge on any atom is -0.293 e. The Morgan fingerprint density at radius 2 is 2.29 bits per heavy atom. The van der Waals surface area contributed by atoms with Crippen LogP contribution in [0.4, 0.5) is 11.5 Å². The topological polar surface area (TPSA) is 99.1 Å². The molecule has 1 fully saturated rings. The van der Waals surface area contributed by atoms with Gasteiger partial charge in [-0.25, -0.2) is 0 Å². The van der Waals surface area contributed by atoms with Gasteiger partial charge in [-0.2, -0.15) is 10.2 Å². The first kappa shape index (κ1) is 13.3. The van der Waals surface area contributed by atoms with Gasteiger partial charge < -0.3 is 0 Å². The lowest BCUT2D eigenvalue weighted by Gasteiger charge is -2.30. The molecule has 2 aromatic rings. The fourth-order valence-electron chi connectivity index (χ4n) is 2.47. The molecule has 2 aromatic heterocycles. The zero-order chi connectivity index (χ0) is 15.0. The van der Waals surface area contributed by atoms with Crippen molar-refractivity contribution in [2.45, 2.75) is 18.9 Å². The van der Waals surface area contributed by atoms with E-state index in [0.29, 0.717) is 18.8 Å². The van der Waals surface area contributed by atoms with Crippen LogP contribution in [0.5, 0.6) is 0 Å². The summed E-state index contributed by atoms with van der Waals surface area (Å²) in [6.45, 7) is 0.593. The fourth-order valence-corrected chi connectivity index (χ4v) is 2.47. The van der Waals surface area contributed by atoms with Gasteiger partial charge in [0, 0.05) is 25.9 Å². The normalized spacial score (nSPS) is 19.0. The molecule has 1 atom stereocenters. The van der Waals surface area contributed by atoms with E-state index in [0.717, 1.165) is 12.6 Å². The van der Waals surface area contributed by atoms with Crippen LogP contribution >= 0.6 is 0 Å². The summed E-state index contributed by atoms with van der Waals surface area (Å²) in [6.07, 6.45) is 5.63. The van der Waals surface area contributed by atoms with Gasteiger partial charge in [0.25, 0.3) is 5.91 Å². The Bertz CT molecular complexity index is 691. The Kier molecular flexibility index (Phi) is 3.16. The number of aromatic nitrogens is 4. The lowest BCUT2D eigenvalue weighted by atomic mass is 10.1. The molecular weight excluding hydrogens is 276 g/mol. The molecule has 0 radical (unpaired) electrons. The Morgan fingerprint density at radius 3 is 2.90 bits per heavy atom. The largest absolute Gasteiger partial charge is 0.307 e. The number of piperidine rings is 1. The van der Waals surface area contributed by atoms with E-state index < -0.39 is 11.0 Å². The Morgan fingerprint density at radius 1 is 1.48 bits per heavy atom. The zero-order valence-corrected chi connectivity index (χ0v) is 11.4. The fraction of sp³-hybridized carbons (Fsp3) is 0.417. The number of nitrogens with zero attached hydrogens (tertiary/aromatic N) is 6.